The molecule has 0 aliphatic carbocycles. The van der Waals surface area contributed by atoms with Crippen molar-refractivity contribution in [1.82, 2.24) is 0 Å². The van der Waals surface area contributed by atoms with Gasteiger partial charge in [-0.1, -0.05) is 45.2 Å². The summed E-state index contributed by atoms with van der Waals surface area (Å²) in [6.07, 6.45) is 0.139. The predicted molar refractivity (Wildman–Crippen MR) is 83.1 cm³/mol. The van der Waals surface area contributed by atoms with Crippen molar-refractivity contribution in [2.75, 3.05) is 5.73 Å². The van der Waals surface area contributed by atoms with E-state index in [1.54, 1.807) is 36.4 Å². The number of rotatable bonds is 3. The van der Waals surface area contributed by atoms with Crippen molar-refractivity contribution in [1.29, 1.82) is 0 Å². The van der Waals surface area contributed by atoms with Gasteiger partial charge in [0.25, 0.3) is 0 Å². The van der Waals surface area contributed by atoms with Crippen molar-refractivity contribution in [3.63, 3.8) is 0 Å². The van der Waals surface area contributed by atoms with E-state index >= 15 is 0 Å². The monoisotopic (exact) mass is 357 g/mol. The van der Waals surface area contributed by atoms with E-state index in [9.17, 15) is 4.79 Å². The summed E-state index contributed by atoms with van der Waals surface area (Å²) in [7, 11) is 0. The molecular formula is C14H10BrCl2NO. The standard InChI is InChI=1S/C14H10BrCl2NO/c15-11-5-4-8(18)6-9(11)14(19)7-10-12(16)2-1-3-13(10)17/h1-6H,7,18H2. The Labute approximate surface area is 129 Å². The normalized spacial score (nSPS) is 10.5. The molecule has 0 fully saturated rings. The van der Waals surface area contributed by atoms with Crippen LogP contribution in [0.5, 0.6) is 0 Å². The van der Waals surface area contributed by atoms with Gasteiger partial charge in [-0.05, 0) is 35.9 Å². The zero-order chi connectivity index (χ0) is 14.0. The van der Waals surface area contributed by atoms with Gasteiger partial charge in [0, 0.05) is 32.2 Å². The highest BCUT2D eigenvalue weighted by molar-refractivity contribution is 9.10. The Hall–Kier alpha value is -1.03. The zero-order valence-corrected chi connectivity index (χ0v) is 12.9. The third-order valence-electron chi connectivity index (χ3n) is 2.69. The van der Waals surface area contributed by atoms with Gasteiger partial charge in [-0.25, -0.2) is 0 Å². The van der Waals surface area contributed by atoms with Gasteiger partial charge in [-0.3, -0.25) is 4.79 Å². The van der Waals surface area contributed by atoms with E-state index in [2.05, 4.69) is 15.9 Å². The highest BCUT2D eigenvalue weighted by Crippen LogP contribution is 2.27. The number of ketones is 1. The lowest BCUT2D eigenvalue weighted by Crippen LogP contribution is -2.06. The van der Waals surface area contributed by atoms with Gasteiger partial charge in [0.05, 0.1) is 0 Å². The number of Topliss-reactive ketones (excluding diaryl/α,β-unsaturated/α-hetero) is 1. The van der Waals surface area contributed by atoms with E-state index in [-0.39, 0.29) is 12.2 Å². The maximum Gasteiger partial charge on any atom is 0.168 e. The third-order valence-corrected chi connectivity index (χ3v) is 4.09. The topological polar surface area (TPSA) is 43.1 Å². The van der Waals surface area contributed by atoms with Gasteiger partial charge in [0.15, 0.2) is 5.78 Å². The van der Waals surface area contributed by atoms with Crippen LogP contribution < -0.4 is 5.73 Å². The highest BCUT2D eigenvalue weighted by atomic mass is 79.9. The van der Waals surface area contributed by atoms with E-state index < -0.39 is 0 Å². The first-order valence-electron chi connectivity index (χ1n) is 5.50. The molecule has 0 saturated heterocycles. The molecule has 0 aromatic heterocycles. The van der Waals surface area contributed by atoms with Crippen LogP contribution in [0.2, 0.25) is 10.0 Å². The van der Waals surface area contributed by atoms with Gasteiger partial charge in [-0.2, -0.15) is 0 Å². The first kappa shape index (κ1) is 14.4. The first-order chi connectivity index (χ1) is 8.99. The summed E-state index contributed by atoms with van der Waals surface area (Å²) in [5.41, 5.74) is 7.39. The average Bonchev–Trinajstić information content (AvgIpc) is 2.37. The molecule has 0 spiro atoms. The number of hydrogen-bond donors (Lipinski definition) is 1. The summed E-state index contributed by atoms with van der Waals surface area (Å²) in [5, 5.41) is 0.974. The Morgan fingerprint density at radius 3 is 2.42 bits per heavy atom. The Morgan fingerprint density at radius 1 is 1.16 bits per heavy atom. The fourth-order valence-corrected chi connectivity index (χ4v) is 2.71. The molecule has 2 rings (SSSR count). The maximum absolute atomic E-state index is 12.3. The van der Waals surface area contributed by atoms with Gasteiger partial charge in [0.2, 0.25) is 0 Å². The van der Waals surface area contributed by atoms with Gasteiger partial charge < -0.3 is 5.73 Å². The second-order valence-electron chi connectivity index (χ2n) is 4.04. The van der Waals surface area contributed by atoms with Crippen LogP contribution in [0, 0.1) is 0 Å². The van der Waals surface area contributed by atoms with Crippen molar-refractivity contribution in [2.45, 2.75) is 6.42 Å². The Bertz CT molecular complexity index is 623. The Balaban J connectivity index is 2.34. The van der Waals surface area contributed by atoms with Crippen LogP contribution in [0.15, 0.2) is 40.9 Å². The minimum atomic E-state index is -0.0887. The van der Waals surface area contributed by atoms with Crippen LogP contribution in [-0.2, 0) is 6.42 Å². The van der Waals surface area contributed by atoms with Crippen molar-refractivity contribution in [3.05, 3.63) is 62.0 Å². The molecule has 0 atom stereocenters. The Kier molecular flexibility index (Phi) is 4.50. The van der Waals surface area contributed by atoms with Crippen LogP contribution >= 0.6 is 39.1 Å². The molecule has 98 valence electrons. The van der Waals surface area contributed by atoms with E-state index in [0.717, 1.165) is 0 Å². The Morgan fingerprint density at radius 2 is 1.79 bits per heavy atom. The number of carbonyl (C=O) groups is 1. The summed E-state index contributed by atoms with van der Waals surface area (Å²) in [4.78, 5) is 12.3. The average molecular weight is 359 g/mol. The maximum atomic E-state index is 12.3. The summed E-state index contributed by atoms with van der Waals surface area (Å²) in [5.74, 6) is -0.0887. The van der Waals surface area contributed by atoms with E-state index in [4.69, 9.17) is 28.9 Å². The first-order valence-corrected chi connectivity index (χ1v) is 7.05. The largest absolute Gasteiger partial charge is 0.399 e. The molecule has 0 heterocycles. The zero-order valence-electron chi connectivity index (χ0n) is 9.79. The van der Waals surface area contributed by atoms with E-state index in [0.29, 0.717) is 31.3 Å². The van der Waals surface area contributed by atoms with Gasteiger partial charge in [0.1, 0.15) is 0 Å². The summed E-state index contributed by atoms with van der Waals surface area (Å²) in [6, 6.07) is 10.3. The third kappa shape index (κ3) is 3.30. The molecule has 2 nitrogen and oxygen atoms in total. The lowest BCUT2D eigenvalue weighted by molar-refractivity contribution is 0.0992. The van der Waals surface area contributed by atoms with Crippen LogP contribution in [-0.4, -0.2) is 5.78 Å². The molecule has 2 N–H and O–H groups in total. The molecule has 0 unspecified atom stereocenters. The molecule has 0 aliphatic heterocycles. The molecule has 0 saturated carbocycles. The number of halogens is 3. The van der Waals surface area contributed by atoms with Crippen molar-refractivity contribution in [3.8, 4) is 0 Å². The molecule has 2 aromatic carbocycles. The highest BCUT2D eigenvalue weighted by Gasteiger charge is 2.15. The van der Waals surface area contributed by atoms with E-state index in [1.807, 2.05) is 0 Å². The van der Waals surface area contributed by atoms with E-state index in [1.165, 1.54) is 0 Å². The lowest BCUT2D eigenvalue weighted by Gasteiger charge is -2.08. The number of nitrogens with two attached hydrogens (primary N) is 1. The number of anilines is 1. The van der Waals surface area contributed by atoms with Crippen LogP contribution in [0.1, 0.15) is 15.9 Å². The second kappa shape index (κ2) is 5.95. The number of benzene rings is 2. The number of carbonyl (C=O) groups excluding carboxylic acids is 1. The molecular weight excluding hydrogens is 349 g/mol. The molecule has 0 amide bonds. The van der Waals surface area contributed by atoms with Crippen molar-refractivity contribution in [2.24, 2.45) is 0 Å². The van der Waals surface area contributed by atoms with Crippen LogP contribution in [0.3, 0.4) is 0 Å². The predicted octanol–water partition coefficient (Wildman–Crippen LogP) is 4.76. The SMILES string of the molecule is Nc1ccc(Br)c(C(=O)Cc2c(Cl)cccc2Cl)c1. The fraction of sp³-hybridized carbons (Fsp3) is 0.0714. The minimum Gasteiger partial charge on any atom is -0.399 e. The quantitative estimate of drug-likeness (QED) is 0.634. The van der Waals surface area contributed by atoms with Gasteiger partial charge >= 0.3 is 0 Å². The number of hydrogen-bond acceptors (Lipinski definition) is 2. The molecule has 2 aromatic rings. The smallest absolute Gasteiger partial charge is 0.168 e. The molecule has 0 aliphatic rings. The van der Waals surface area contributed by atoms with Crippen LogP contribution in [0.25, 0.3) is 0 Å². The second-order valence-corrected chi connectivity index (χ2v) is 5.71. The molecule has 19 heavy (non-hydrogen) atoms. The van der Waals surface area contributed by atoms with Crippen molar-refractivity contribution < 1.29 is 4.79 Å². The van der Waals surface area contributed by atoms with Gasteiger partial charge in [-0.15, -0.1) is 0 Å². The number of nitrogen functional groups attached to an aromatic ring is 1. The summed E-state index contributed by atoms with van der Waals surface area (Å²) >= 11 is 15.5. The molecule has 0 radical (unpaired) electrons. The minimum absolute atomic E-state index is 0.0887. The lowest BCUT2D eigenvalue weighted by atomic mass is 10.0. The van der Waals surface area contributed by atoms with Crippen molar-refractivity contribution >= 4 is 50.6 Å². The molecule has 5 heteroatoms. The fourth-order valence-electron chi connectivity index (χ4n) is 1.71. The molecule has 0 bridgehead atoms. The van der Waals surface area contributed by atoms with Crippen LogP contribution in [0.4, 0.5) is 5.69 Å². The summed E-state index contributed by atoms with van der Waals surface area (Å²) in [6.45, 7) is 0. The summed E-state index contributed by atoms with van der Waals surface area (Å²) < 4.78 is 0.704.